The van der Waals surface area contributed by atoms with Crippen LogP contribution in [0.3, 0.4) is 0 Å². The van der Waals surface area contributed by atoms with Crippen molar-refractivity contribution in [2.75, 3.05) is 5.75 Å². The van der Waals surface area contributed by atoms with Gasteiger partial charge in [0, 0.05) is 5.75 Å². The first kappa shape index (κ1) is 13.6. The lowest BCUT2D eigenvalue weighted by molar-refractivity contribution is 0.0690. The summed E-state index contributed by atoms with van der Waals surface area (Å²) in [5.74, 6) is -0.345. The van der Waals surface area contributed by atoms with Crippen LogP contribution in [0.1, 0.15) is 16.1 Å². The zero-order valence-electron chi connectivity index (χ0n) is 11.3. The van der Waals surface area contributed by atoms with Crippen LogP contribution in [0.25, 0.3) is 11.0 Å². The highest BCUT2D eigenvalue weighted by molar-refractivity contribution is 7.99. The molecule has 108 valence electrons. The number of nitrogens with zero attached hydrogens (tertiary/aromatic N) is 4. The van der Waals surface area contributed by atoms with E-state index in [0.29, 0.717) is 6.54 Å². The number of aryl methyl sites for hydroxylation is 2. The molecule has 0 saturated heterocycles. The van der Waals surface area contributed by atoms with Crippen LogP contribution in [0.2, 0.25) is 0 Å². The zero-order valence-corrected chi connectivity index (χ0v) is 12.1. The van der Waals surface area contributed by atoms with Gasteiger partial charge in [-0.3, -0.25) is 4.68 Å². The Bertz CT molecular complexity index is 795. The Morgan fingerprint density at radius 2 is 2.33 bits per heavy atom. The maximum Gasteiger partial charge on any atom is 0.358 e. The molecular formula is C13H13N5O2S. The second-order valence-corrected chi connectivity index (χ2v) is 5.67. The lowest BCUT2D eigenvalue weighted by Crippen LogP contribution is -2.01. The molecule has 0 amide bonds. The SMILES string of the molecule is Cc1ccc2nc(SCCn3cc(C(=O)O)nn3)[nH]c2c1. The molecular weight excluding hydrogens is 290 g/mol. The van der Waals surface area contributed by atoms with Gasteiger partial charge >= 0.3 is 5.97 Å². The molecule has 2 aromatic heterocycles. The molecule has 21 heavy (non-hydrogen) atoms. The Morgan fingerprint density at radius 1 is 1.48 bits per heavy atom. The first-order valence-electron chi connectivity index (χ1n) is 6.34. The smallest absolute Gasteiger partial charge is 0.358 e. The van der Waals surface area contributed by atoms with Gasteiger partial charge in [-0.2, -0.15) is 0 Å². The van der Waals surface area contributed by atoms with Crippen molar-refractivity contribution >= 4 is 28.8 Å². The number of hydrogen-bond acceptors (Lipinski definition) is 5. The minimum Gasteiger partial charge on any atom is -0.476 e. The fourth-order valence-electron chi connectivity index (χ4n) is 1.91. The summed E-state index contributed by atoms with van der Waals surface area (Å²) in [5, 5.41) is 16.9. The highest BCUT2D eigenvalue weighted by atomic mass is 32.2. The standard InChI is InChI=1S/C13H13N5O2S/c1-8-2-3-9-10(6-8)15-13(14-9)21-5-4-18-7-11(12(19)20)16-17-18/h2-3,6-7H,4-5H2,1H3,(H,14,15)(H,19,20). The molecule has 0 bridgehead atoms. The predicted octanol–water partition coefficient (Wildman–Crippen LogP) is 1.95. The van der Waals surface area contributed by atoms with E-state index in [1.165, 1.54) is 16.4 Å². The van der Waals surface area contributed by atoms with Crippen LogP contribution in [0.5, 0.6) is 0 Å². The summed E-state index contributed by atoms with van der Waals surface area (Å²) in [6, 6.07) is 6.07. The Labute approximate surface area is 124 Å². The summed E-state index contributed by atoms with van der Waals surface area (Å²) >= 11 is 1.56. The third kappa shape index (κ3) is 3.05. The van der Waals surface area contributed by atoms with Crippen molar-refractivity contribution in [2.24, 2.45) is 0 Å². The average molecular weight is 303 g/mol. The molecule has 0 aliphatic carbocycles. The van der Waals surface area contributed by atoms with Gasteiger partial charge in [0.25, 0.3) is 0 Å². The summed E-state index contributed by atoms with van der Waals surface area (Å²) in [5.41, 5.74) is 3.11. The lowest BCUT2D eigenvalue weighted by Gasteiger charge is -1.97. The third-order valence-electron chi connectivity index (χ3n) is 2.93. The summed E-state index contributed by atoms with van der Waals surface area (Å²) < 4.78 is 1.52. The molecule has 2 N–H and O–H groups in total. The van der Waals surface area contributed by atoms with E-state index in [4.69, 9.17) is 5.11 Å². The lowest BCUT2D eigenvalue weighted by atomic mass is 10.2. The highest BCUT2D eigenvalue weighted by Gasteiger charge is 2.08. The van der Waals surface area contributed by atoms with E-state index >= 15 is 0 Å². The quantitative estimate of drug-likeness (QED) is 0.699. The van der Waals surface area contributed by atoms with E-state index in [0.717, 1.165) is 21.9 Å². The van der Waals surface area contributed by atoms with Crippen molar-refractivity contribution in [3.05, 3.63) is 35.7 Å². The minimum absolute atomic E-state index is 0.0424. The van der Waals surface area contributed by atoms with Gasteiger partial charge in [0.1, 0.15) is 0 Å². The van der Waals surface area contributed by atoms with Crippen LogP contribution in [-0.4, -0.2) is 41.8 Å². The van der Waals surface area contributed by atoms with Gasteiger partial charge in [0.15, 0.2) is 10.9 Å². The van der Waals surface area contributed by atoms with Crippen LogP contribution in [0.4, 0.5) is 0 Å². The van der Waals surface area contributed by atoms with Gasteiger partial charge < -0.3 is 10.1 Å². The summed E-state index contributed by atoms with van der Waals surface area (Å²) in [6.07, 6.45) is 1.42. The molecule has 0 atom stereocenters. The van der Waals surface area contributed by atoms with Crippen LogP contribution < -0.4 is 0 Å². The molecule has 8 heteroatoms. The van der Waals surface area contributed by atoms with E-state index in [1.54, 1.807) is 11.8 Å². The van der Waals surface area contributed by atoms with Crippen molar-refractivity contribution in [2.45, 2.75) is 18.6 Å². The molecule has 0 aliphatic rings. The number of benzene rings is 1. The molecule has 3 aromatic rings. The summed E-state index contributed by atoms with van der Waals surface area (Å²) in [7, 11) is 0. The summed E-state index contributed by atoms with van der Waals surface area (Å²) in [6.45, 7) is 2.61. The molecule has 0 fully saturated rings. The van der Waals surface area contributed by atoms with Gasteiger partial charge in [-0.25, -0.2) is 9.78 Å². The largest absolute Gasteiger partial charge is 0.476 e. The Hall–Kier alpha value is -2.35. The average Bonchev–Trinajstić information content (AvgIpc) is 3.04. The molecule has 2 heterocycles. The van der Waals surface area contributed by atoms with E-state index in [1.807, 2.05) is 19.1 Å². The van der Waals surface area contributed by atoms with E-state index in [2.05, 4.69) is 26.3 Å². The van der Waals surface area contributed by atoms with Crippen molar-refractivity contribution in [1.29, 1.82) is 0 Å². The number of fused-ring (bicyclic) bond motifs is 1. The Morgan fingerprint density at radius 3 is 3.10 bits per heavy atom. The van der Waals surface area contributed by atoms with Gasteiger partial charge in [-0.1, -0.05) is 23.0 Å². The Kier molecular flexibility index (Phi) is 3.61. The molecule has 3 rings (SSSR count). The van der Waals surface area contributed by atoms with E-state index in [9.17, 15) is 4.79 Å². The topological polar surface area (TPSA) is 96.7 Å². The van der Waals surface area contributed by atoms with Crippen LogP contribution in [-0.2, 0) is 6.54 Å². The molecule has 0 saturated carbocycles. The van der Waals surface area contributed by atoms with Crippen LogP contribution in [0.15, 0.2) is 29.6 Å². The van der Waals surface area contributed by atoms with E-state index < -0.39 is 5.97 Å². The first-order valence-corrected chi connectivity index (χ1v) is 7.33. The van der Waals surface area contributed by atoms with E-state index in [-0.39, 0.29) is 5.69 Å². The van der Waals surface area contributed by atoms with Crippen LogP contribution >= 0.6 is 11.8 Å². The number of aromatic amines is 1. The fraction of sp³-hybridized carbons (Fsp3) is 0.231. The number of hydrogen-bond donors (Lipinski definition) is 2. The maximum atomic E-state index is 10.7. The molecule has 0 spiro atoms. The zero-order chi connectivity index (χ0) is 14.8. The second-order valence-electron chi connectivity index (χ2n) is 4.58. The number of rotatable bonds is 5. The number of H-pyrrole nitrogens is 1. The Balaban J connectivity index is 1.62. The highest BCUT2D eigenvalue weighted by Crippen LogP contribution is 2.20. The summed E-state index contributed by atoms with van der Waals surface area (Å²) in [4.78, 5) is 18.4. The molecule has 0 unspecified atom stereocenters. The van der Waals surface area contributed by atoms with Gasteiger partial charge in [-0.05, 0) is 24.6 Å². The molecule has 0 aliphatic heterocycles. The first-order chi connectivity index (χ1) is 10.1. The minimum atomic E-state index is -1.07. The number of aromatic carboxylic acids is 1. The van der Waals surface area contributed by atoms with Crippen molar-refractivity contribution < 1.29 is 9.90 Å². The van der Waals surface area contributed by atoms with Gasteiger partial charge in [-0.15, -0.1) is 5.10 Å². The number of thioether (sulfide) groups is 1. The fourth-order valence-corrected chi connectivity index (χ4v) is 2.73. The number of carboxylic acid groups (broad SMARTS) is 1. The molecule has 0 radical (unpaired) electrons. The monoisotopic (exact) mass is 303 g/mol. The maximum absolute atomic E-state index is 10.7. The van der Waals surface area contributed by atoms with Crippen molar-refractivity contribution in [1.82, 2.24) is 25.0 Å². The van der Waals surface area contributed by atoms with Gasteiger partial charge in [0.05, 0.1) is 23.8 Å². The van der Waals surface area contributed by atoms with Gasteiger partial charge in [0.2, 0.25) is 0 Å². The third-order valence-corrected chi connectivity index (χ3v) is 3.79. The molecule has 1 aromatic carbocycles. The van der Waals surface area contributed by atoms with Crippen molar-refractivity contribution in [3.8, 4) is 0 Å². The number of carbonyl (C=O) groups is 1. The predicted molar refractivity (Wildman–Crippen MR) is 78.5 cm³/mol. The number of nitrogens with one attached hydrogen (secondary N) is 1. The van der Waals surface area contributed by atoms with Crippen molar-refractivity contribution in [3.63, 3.8) is 0 Å². The normalized spacial score (nSPS) is 11.1. The second kappa shape index (κ2) is 5.57. The number of carboxylic acids is 1. The molecule has 7 nitrogen and oxygen atoms in total. The van der Waals surface area contributed by atoms with Crippen LogP contribution in [0, 0.1) is 6.92 Å². The number of imidazole rings is 1. The number of aromatic nitrogens is 5.